The summed E-state index contributed by atoms with van der Waals surface area (Å²) in [7, 11) is -3.71. The summed E-state index contributed by atoms with van der Waals surface area (Å²) >= 11 is 0. The van der Waals surface area contributed by atoms with E-state index in [2.05, 4.69) is 10.0 Å². The Morgan fingerprint density at radius 2 is 1.77 bits per heavy atom. The van der Waals surface area contributed by atoms with E-state index < -0.39 is 16.1 Å². The first-order valence-electron chi connectivity index (χ1n) is 7.64. The van der Waals surface area contributed by atoms with Crippen LogP contribution in [0.3, 0.4) is 0 Å². The molecule has 0 bridgehead atoms. The van der Waals surface area contributed by atoms with Crippen LogP contribution in [0.25, 0.3) is 0 Å². The summed E-state index contributed by atoms with van der Waals surface area (Å²) < 4.78 is 27.3. The second kappa shape index (κ2) is 8.29. The van der Waals surface area contributed by atoms with Crippen molar-refractivity contribution in [3.05, 3.63) is 29.8 Å². The molecule has 1 unspecified atom stereocenters. The van der Waals surface area contributed by atoms with Gasteiger partial charge in [0.2, 0.25) is 15.9 Å². The van der Waals surface area contributed by atoms with Crippen molar-refractivity contribution < 1.29 is 13.2 Å². The molecule has 1 atom stereocenters. The standard InChI is InChI=1S/C16H26N2O3S/c1-5-6-11-17-16(19)15(12(2)3)18-22(20,21)14-9-7-13(4)8-10-14/h7-10,12,15,18H,5-6,11H2,1-4H3,(H,17,19). The Morgan fingerprint density at radius 3 is 2.27 bits per heavy atom. The summed E-state index contributed by atoms with van der Waals surface area (Å²) in [5, 5.41) is 2.78. The number of hydrogen-bond acceptors (Lipinski definition) is 3. The van der Waals surface area contributed by atoms with Crippen LogP contribution in [0.5, 0.6) is 0 Å². The molecule has 5 nitrogen and oxygen atoms in total. The van der Waals surface area contributed by atoms with E-state index in [-0.39, 0.29) is 16.7 Å². The van der Waals surface area contributed by atoms with Crippen LogP contribution in [-0.2, 0) is 14.8 Å². The summed E-state index contributed by atoms with van der Waals surface area (Å²) in [5.74, 6) is -0.416. The Kier molecular flexibility index (Phi) is 7.03. The third kappa shape index (κ3) is 5.42. The van der Waals surface area contributed by atoms with Gasteiger partial charge in [-0.25, -0.2) is 8.42 Å². The van der Waals surface area contributed by atoms with E-state index in [0.29, 0.717) is 6.54 Å². The van der Waals surface area contributed by atoms with Gasteiger partial charge in [-0.1, -0.05) is 44.9 Å². The fourth-order valence-corrected chi connectivity index (χ4v) is 3.29. The van der Waals surface area contributed by atoms with Gasteiger partial charge in [-0.2, -0.15) is 4.72 Å². The van der Waals surface area contributed by atoms with E-state index in [1.165, 1.54) is 0 Å². The maximum atomic E-state index is 12.4. The number of aryl methyl sites for hydroxylation is 1. The zero-order chi connectivity index (χ0) is 16.8. The average Bonchev–Trinajstić information content (AvgIpc) is 2.45. The van der Waals surface area contributed by atoms with Crippen molar-refractivity contribution in [2.75, 3.05) is 6.54 Å². The summed E-state index contributed by atoms with van der Waals surface area (Å²) in [4.78, 5) is 12.4. The summed E-state index contributed by atoms with van der Waals surface area (Å²) in [6, 6.07) is 5.79. The Morgan fingerprint density at radius 1 is 1.18 bits per heavy atom. The number of carbonyl (C=O) groups is 1. The fourth-order valence-electron chi connectivity index (χ4n) is 1.94. The van der Waals surface area contributed by atoms with E-state index in [1.807, 2.05) is 27.7 Å². The second-order valence-corrected chi connectivity index (χ2v) is 7.51. The van der Waals surface area contributed by atoms with Gasteiger partial charge >= 0.3 is 0 Å². The predicted octanol–water partition coefficient (Wildman–Crippen LogP) is 2.21. The Balaban J connectivity index is 2.85. The van der Waals surface area contributed by atoms with Crippen LogP contribution in [0.4, 0.5) is 0 Å². The minimum Gasteiger partial charge on any atom is -0.355 e. The molecule has 0 aromatic heterocycles. The van der Waals surface area contributed by atoms with Gasteiger partial charge in [0.1, 0.15) is 6.04 Å². The molecule has 0 spiro atoms. The number of carbonyl (C=O) groups excluding carboxylic acids is 1. The SMILES string of the molecule is CCCCNC(=O)C(NS(=O)(=O)c1ccc(C)cc1)C(C)C. The highest BCUT2D eigenvalue weighted by molar-refractivity contribution is 7.89. The molecule has 1 rings (SSSR count). The predicted molar refractivity (Wildman–Crippen MR) is 88.0 cm³/mol. The van der Waals surface area contributed by atoms with Gasteiger partial charge in [-0.3, -0.25) is 4.79 Å². The third-order valence-corrected chi connectivity index (χ3v) is 4.85. The van der Waals surface area contributed by atoms with E-state index in [1.54, 1.807) is 24.3 Å². The molecule has 1 aromatic rings. The van der Waals surface area contributed by atoms with Crippen LogP contribution < -0.4 is 10.0 Å². The van der Waals surface area contributed by atoms with Crippen LogP contribution in [0.2, 0.25) is 0 Å². The Bertz CT molecular complexity index is 580. The first kappa shape index (κ1) is 18.6. The number of benzene rings is 1. The number of nitrogens with one attached hydrogen (secondary N) is 2. The molecule has 0 aliphatic carbocycles. The van der Waals surface area contributed by atoms with E-state index in [4.69, 9.17) is 0 Å². The van der Waals surface area contributed by atoms with Crippen LogP contribution in [-0.4, -0.2) is 26.9 Å². The highest BCUT2D eigenvalue weighted by Gasteiger charge is 2.27. The zero-order valence-corrected chi connectivity index (χ0v) is 14.5. The minimum absolute atomic E-state index is 0.137. The monoisotopic (exact) mass is 326 g/mol. The van der Waals surface area contributed by atoms with Crippen LogP contribution >= 0.6 is 0 Å². The molecule has 0 aliphatic heterocycles. The molecular weight excluding hydrogens is 300 g/mol. The minimum atomic E-state index is -3.71. The fraction of sp³-hybridized carbons (Fsp3) is 0.562. The summed E-state index contributed by atoms with van der Waals surface area (Å²) in [6.07, 6.45) is 1.85. The van der Waals surface area contributed by atoms with Crippen LogP contribution in [0, 0.1) is 12.8 Å². The molecular formula is C16H26N2O3S. The lowest BCUT2D eigenvalue weighted by atomic mass is 10.1. The lowest BCUT2D eigenvalue weighted by molar-refractivity contribution is -0.123. The van der Waals surface area contributed by atoms with Gasteiger partial charge in [0.25, 0.3) is 0 Å². The molecule has 6 heteroatoms. The van der Waals surface area contributed by atoms with Crippen molar-refractivity contribution in [1.82, 2.24) is 10.0 Å². The quantitative estimate of drug-likeness (QED) is 0.719. The largest absolute Gasteiger partial charge is 0.355 e. The van der Waals surface area contributed by atoms with Crippen molar-refractivity contribution in [1.29, 1.82) is 0 Å². The smallest absolute Gasteiger partial charge is 0.241 e. The first-order valence-corrected chi connectivity index (χ1v) is 9.13. The molecule has 22 heavy (non-hydrogen) atoms. The van der Waals surface area contributed by atoms with E-state index in [9.17, 15) is 13.2 Å². The molecule has 1 amide bonds. The van der Waals surface area contributed by atoms with Gasteiger partial charge in [0.15, 0.2) is 0 Å². The maximum Gasteiger partial charge on any atom is 0.241 e. The highest BCUT2D eigenvalue weighted by atomic mass is 32.2. The topological polar surface area (TPSA) is 75.3 Å². The Hall–Kier alpha value is -1.40. The number of rotatable bonds is 8. The van der Waals surface area contributed by atoms with Crippen molar-refractivity contribution >= 4 is 15.9 Å². The second-order valence-electron chi connectivity index (χ2n) is 5.80. The van der Waals surface area contributed by atoms with Crippen molar-refractivity contribution in [3.63, 3.8) is 0 Å². The number of hydrogen-bond donors (Lipinski definition) is 2. The molecule has 0 fully saturated rings. The normalized spacial score (nSPS) is 13.1. The van der Waals surface area contributed by atoms with Crippen molar-refractivity contribution in [2.24, 2.45) is 5.92 Å². The molecule has 0 aliphatic rings. The van der Waals surface area contributed by atoms with E-state index in [0.717, 1.165) is 18.4 Å². The van der Waals surface area contributed by atoms with E-state index >= 15 is 0 Å². The lowest BCUT2D eigenvalue weighted by Crippen LogP contribution is -2.49. The van der Waals surface area contributed by atoms with Crippen LogP contribution in [0.15, 0.2) is 29.2 Å². The highest BCUT2D eigenvalue weighted by Crippen LogP contribution is 2.13. The number of unbranched alkanes of at least 4 members (excludes halogenated alkanes) is 1. The number of sulfonamides is 1. The molecule has 0 heterocycles. The van der Waals surface area contributed by atoms with Gasteiger partial charge in [-0.15, -0.1) is 0 Å². The molecule has 1 aromatic carbocycles. The molecule has 0 radical (unpaired) electrons. The molecule has 2 N–H and O–H groups in total. The number of amides is 1. The van der Waals surface area contributed by atoms with Gasteiger partial charge in [-0.05, 0) is 31.4 Å². The summed E-state index contributed by atoms with van der Waals surface area (Å²) in [6.45, 7) is 8.13. The Labute approximate surface area is 133 Å². The first-order chi connectivity index (χ1) is 10.3. The van der Waals surface area contributed by atoms with Crippen molar-refractivity contribution in [2.45, 2.75) is 51.5 Å². The third-order valence-electron chi connectivity index (χ3n) is 3.39. The average molecular weight is 326 g/mol. The van der Waals surface area contributed by atoms with Gasteiger partial charge in [0, 0.05) is 6.54 Å². The van der Waals surface area contributed by atoms with Crippen LogP contribution in [0.1, 0.15) is 39.2 Å². The maximum absolute atomic E-state index is 12.4. The summed E-state index contributed by atoms with van der Waals surface area (Å²) in [5.41, 5.74) is 0.983. The van der Waals surface area contributed by atoms with Crippen molar-refractivity contribution in [3.8, 4) is 0 Å². The molecule has 0 saturated carbocycles. The zero-order valence-electron chi connectivity index (χ0n) is 13.7. The van der Waals surface area contributed by atoms with Gasteiger partial charge < -0.3 is 5.32 Å². The van der Waals surface area contributed by atoms with Gasteiger partial charge in [0.05, 0.1) is 4.90 Å². The lowest BCUT2D eigenvalue weighted by Gasteiger charge is -2.21. The molecule has 124 valence electrons. The molecule has 0 saturated heterocycles.